The lowest BCUT2D eigenvalue weighted by Crippen LogP contribution is -2.76. The molecule has 17 heteroatoms. The quantitative estimate of drug-likeness (QED) is 0.188. The van der Waals surface area contributed by atoms with Gasteiger partial charge in [-0.2, -0.15) is 26.3 Å². The van der Waals surface area contributed by atoms with Gasteiger partial charge in [-0.05, 0) is 109 Å². The van der Waals surface area contributed by atoms with Crippen LogP contribution in [0.3, 0.4) is 0 Å². The Morgan fingerprint density at radius 1 is 0.719 bits per heavy atom. The molecule has 2 saturated carbocycles. The van der Waals surface area contributed by atoms with E-state index in [1.807, 2.05) is 16.8 Å². The highest BCUT2D eigenvalue weighted by Crippen LogP contribution is 2.65. The molecule has 11 nitrogen and oxygen atoms in total. The number of allylic oxidation sites excluding steroid dienone is 1. The van der Waals surface area contributed by atoms with Gasteiger partial charge in [-0.1, -0.05) is 20.8 Å². The molecule has 57 heavy (non-hydrogen) atoms. The summed E-state index contributed by atoms with van der Waals surface area (Å²) in [5.74, 6) is -8.42. The van der Waals surface area contributed by atoms with Gasteiger partial charge >= 0.3 is 12.4 Å². The zero-order valence-corrected chi connectivity index (χ0v) is 33.7. The summed E-state index contributed by atoms with van der Waals surface area (Å²) in [5.41, 5.74) is -2.18. The minimum absolute atomic E-state index is 0.0174. The lowest BCUT2D eigenvalue weighted by molar-refractivity contribution is -0.598. The van der Waals surface area contributed by atoms with Gasteiger partial charge in [0.05, 0.1) is 6.61 Å². The van der Waals surface area contributed by atoms with Crippen molar-refractivity contribution in [1.82, 2.24) is 9.80 Å². The molecule has 4 bridgehead atoms. The summed E-state index contributed by atoms with van der Waals surface area (Å²) in [5, 5.41) is 0. The fourth-order valence-electron chi connectivity index (χ4n) is 12.7. The molecule has 0 aromatic heterocycles. The Balaban J connectivity index is 0.869. The van der Waals surface area contributed by atoms with Crippen molar-refractivity contribution in [3.05, 3.63) is 11.3 Å². The third kappa shape index (κ3) is 6.27. The van der Waals surface area contributed by atoms with Crippen molar-refractivity contribution < 1.29 is 69.6 Å². The molecule has 0 aromatic carbocycles. The highest BCUT2D eigenvalue weighted by atomic mass is 19.4. The third-order valence-corrected chi connectivity index (χ3v) is 15.9. The summed E-state index contributed by atoms with van der Waals surface area (Å²) in [6, 6.07) is -0.0174. The van der Waals surface area contributed by atoms with E-state index in [1.165, 1.54) is 6.92 Å². The van der Waals surface area contributed by atoms with E-state index in [4.69, 9.17) is 43.2 Å². The molecule has 2 aliphatic carbocycles. The van der Waals surface area contributed by atoms with Crippen molar-refractivity contribution in [3.63, 3.8) is 0 Å². The van der Waals surface area contributed by atoms with E-state index >= 15 is 13.2 Å². The van der Waals surface area contributed by atoms with Crippen molar-refractivity contribution in [3.8, 4) is 0 Å². The molecule has 10 fully saturated rings. The second-order valence-electron chi connectivity index (χ2n) is 19.1. The number of piperidine rings is 1. The largest absolute Gasteiger partial charge is 0.456 e. The predicted octanol–water partition coefficient (Wildman–Crippen LogP) is 7.60. The maximum absolute atomic E-state index is 15.3. The van der Waals surface area contributed by atoms with Crippen LogP contribution in [0.4, 0.5) is 26.3 Å². The van der Waals surface area contributed by atoms with E-state index in [0.717, 1.165) is 12.8 Å². The maximum Gasteiger partial charge on any atom is 0.449 e. The molecule has 11 rings (SSSR count). The van der Waals surface area contributed by atoms with Gasteiger partial charge in [0.1, 0.15) is 0 Å². The van der Waals surface area contributed by atoms with Crippen LogP contribution in [0.1, 0.15) is 98.8 Å². The standard InChI is InChI=1S/C40H58F6N2O9/c1-22-7-9-29-24(3)38(40(44,45)46,53-33-36(29)27(22)11-16-35(5,52-33)55-56-36)49-20-19-47(6)25-13-17-48(18-14-25)21-26-30-10-8-23(2)28-12-15-34(4)51-32(37(28,30)57-54-34)50-31(26)39(41,42)43/h22-25,27-30,32-33H,7-21H2,1-6H3/t22-,23-,24-,27+,28+,29+,30+,32-,33+,34+,35+,36-,37-,38-/m1/s1. The molecular formula is C40H58F6N2O9. The first-order valence-electron chi connectivity index (χ1n) is 21.1. The van der Waals surface area contributed by atoms with Crippen LogP contribution < -0.4 is 0 Å². The maximum atomic E-state index is 15.3. The minimum Gasteiger partial charge on any atom is -0.456 e. The highest BCUT2D eigenvalue weighted by molar-refractivity contribution is 5.29. The van der Waals surface area contributed by atoms with Crippen molar-refractivity contribution >= 4 is 0 Å². The predicted molar refractivity (Wildman–Crippen MR) is 187 cm³/mol. The van der Waals surface area contributed by atoms with Crippen LogP contribution in [0.2, 0.25) is 0 Å². The summed E-state index contributed by atoms with van der Waals surface area (Å²) in [6.45, 7) is 10.1. The molecule has 324 valence electrons. The average Bonchev–Trinajstić information content (AvgIpc) is 3.52. The number of nitrogens with zero attached hydrogens (tertiary/aromatic N) is 2. The first-order valence-corrected chi connectivity index (χ1v) is 21.1. The Hall–Kier alpha value is -1.28. The van der Waals surface area contributed by atoms with Crippen molar-refractivity contribution in [1.29, 1.82) is 0 Å². The van der Waals surface area contributed by atoms with Crippen molar-refractivity contribution in [2.45, 2.75) is 158 Å². The molecule has 0 unspecified atom stereocenters. The molecule has 11 aliphatic rings. The number of alkyl halides is 6. The fourth-order valence-corrected chi connectivity index (χ4v) is 12.7. The number of hydrogen-bond donors (Lipinski definition) is 0. The summed E-state index contributed by atoms with van der Waals surface area (Å²) < 4.78 is 120. The Morgan fingerprint density at radius 2 is 1.32 bits per heavy atom. The number of ether oxygens (including phenoxy) is 5. The van der Waals surface area contributed by atoms with E-state index in [1.54, 1.807) is 13.8 Å². The number of halogens is 6. The van der Waals surface area contributed by atoms with Gasteiger partial charge in [0.2, 0.25) is 23.6 Å². The van der Waals surface area contributed by atoms with Gasteiger partial charge < -0.3 is 28.6 Å². The molecule has 0 amide bonds. The van der Waals surface area contributed by atoms with Gasteiger partial charge in [0, 0.05) is 55.6 Å². The second kappa shape index (κ2) is 13.9. The van der Waals surface area contributed by atoms with Gasteiger partial charge in [-0.15, -0.1) is 0 Å². The van der Waals surface area contributed by atoms with Crippen LogP contribution in [0.25, 0.3) is 0 Å². The van der Waals surface area contributed by atoms with E-state index in [0.29, 0.717) is 64.5 Å². The van der Waals surface area contributed by atoms with E-state index in [2.05, 4.69) is 13.8 Å². The third-order valence-electron chi connectivity index (χ3n) is 15.9. The molecular weight excluding hydrogens is 766 g/mol. The SMILES string of the molecule is C[C@@H]1CC[C@H]2[C@@H](C)[C@](OCCN(C)C3CCN(CC4=C(C(F)(F)F)O[C@@H]5O[C@]6(C)CC[C@H]7[C@H](C)CC[C@@H]4[C@@]57OO6)CC3)(C(F)(F)F)O[C@@H]3O[C@]4(C)CC[C@@H]1[C@]32OO4. The molecule has 9 heterocycles. The molecule has 9 aliphatic heterocycles. The van der Waals surface area contributed by atoms with Crippen LogP contribution in [-0.4, -0.2) is 109 Å². The first kappa shape index (κ1) is 41.1. The van der Waals surface area contributed by atoms with E-state index < -0.39 is 77.0 Å². The van der Waals surface area contributed by atoms with Crippen molar-refractivity contribution in [2.75, 3.05) is 39.8 Å². The zero-order chi connectivity index (χ0) is 40.6. The van der Waals surface area contributed by atoms with Gasteiger partial charge in [0.25, 0.3) is 5.79 Å². The first-order chi connectivity index (χ1) is 26.8. The van der Waals surface area contributed by atoms with Crippen molar-refractivity contribution in [2.24, 2.45) is 41.4 Å². The van der Waals surface area contributed by atoms with Crippen LogP contribution >= 0.6 is 0 Å². The molecule has 0 radical (unpaired) electrons. The highest BCUT2D eigenvalue weighted by Gasteiger charge is 2.77. The molecule has 0 N–H and O–H groups in total. The van der Waals surface area contributed by atoms with E-state index in [-0.39, 0.29) is 55.0 Å². The normalized spacial score (nSPS) is 49.0. The molecule has 8 saturated heterocycles. The van der Waals surface area contributed by atoms with Gasteiger partial charge in [-0.25, -0.2) is 19.6 Å². The summed E-state index contributed by atoms with van der Waals surface area (Å²) >= 11 is 0. The fraction of sp³-hybridized carbons (Fsp3) is 0.950. The minimum atomic E-state index is -4.87. The zero-order valence-electron chi connectivity index (χ0n) is 33.7. The molecule has 0 aromatic rings. The Bertz CT molecular complexity index is 1580. The van der Waals surface area contributed by atoms with Gasteiger partial charge in [0.15, 0.2) is 17.5 Å². The summed E-state index contributed by atoms with van der Waals surface area (Å²) in [4.78, 5) is 27.8. The molecule has 2 spiro atoms. The van der Waals surface area contributed by atoms with Crippen LogP contribution in [0, 0.1) is 41.4 Å². The number of fused-ring (bicyclic) bond motifs is 4. The van der Waals surface area contributed by atoms with Crippen LogP contribution in [-0.2, 0) is 43.2 Å². The lowest BCUT2D eigenvalue weighted by atomic mass is 9.57. The van der Waals surface area contributed by atoms with E-state index in [9.17, 15) is 13.2 Å². The Kier molecular flexibility index (Phi) is 10.00. The Labute approximate surface area is 330 Å². The second-order valence-corrected chi connectivity index (χ2v) is 19.1. The summed E-state index contributed by atoms with van der Waals surface area (Å²) in [7, 11) is 1.85. The number of hydrogen-bond acceptors (Lipinski definition) is 11. The monoisotopic (exact) mass is 824 g/mol. The average molecular weight is 825 g/mol. The number of rotatable bonds is 7. The van der Waals surface area contributed by atoms with Crippen LogP contribution in [0.15, 0.2) is 11.3 Å². The van der Waals surface area contributed by atoms with Gasteiger partial charge in [-0.3, -0.25) is 4.90 Å². The number of likely N-dealkylation sites (N-methyl/N-ethyl adjacent to an activating group) is 1. The Morgan fingerprint density at radius 3 is 1.95 bits per heavy atom. The number of likely N-dealkylation sites (tertiary alicyclic amines) is 1. The lowest BCUT2D eigenvalue weighted by Gasteiger charge is -2.62. The summed E-state index contributed by atoms with van der Waals surface area (Å²) in [6.07, 6.45) is -6.09. The topological polar surface area (TPSA) is 89.6 Å². The molecule has 14 atom stereocenters. The smallest absolute Gasteiger partial charge is 0.449 e. The van der Waals surface area contributed by atoms with Crippen LogP contribution in [0.5, 0.6) is 0 Å².